The van der Waals surface area contributed by atoms with E-state index in [1.807, 2.05) is 0 Å². The van der Waals surface area contributed by atoms with Crippen LogP contribution in [0.25, 0.3) is 0 Å². The van der Waals surface area contributed by atoms with Gasteiger partial charge in [-0.05, 0) is 45.2 Å². The van der Waals surface area contributed by atoms with Crippen molar-refractivity contribution in [2.75, 3.05) is 26.7 Å². The molecule has 2 N–H and O–H groups in total. The number of aliphatic hydroxyl groups excluding tert-OH is 1. The lowest BCUT2D eigenvalue weighted by Gasteiger charge is -2.37. The van der Waals surface area contributed by atoms with Crippen LogP contribution in [-0.2, 0) is 0 Å². The molecule has 1 aliphatic heterocycles. The molecule has 0 aromatic carbocycles. The average molecular weight is 212 g/mol. The molecule has 1 saturated heterocycles. The second-order valence-electron chi connectivity index (χ2n) is 5.08. The molecule has 0 spiro atoms. The van der Waals surface area contributed by atoms with Gasteiger partial charge in [0.2, 0.25) is 0 Å². The molecule has 2 fully saturated rings. The second kappa shape index (κ2) is 5.28. The quantitative estimate of drug-likeness (QED) is 0.727. The van der Waals surface area contributed by atoms with Crippen LogP contribution in [0.1, 0.15) is 32.1 Å². The van der Waals surface area contributed by atoms with Crippen molar-refractivity contribution < 1.29 is 5.11 Å². The maximum Gasteiger partial charge on any atom is 0.0564 e. The minimum atomic E-state index is -0.0367. The molecule has 0 radical (unpaired) electrons. The standard InChI is InChI=1S/C12H24N2O/c1-13-9-10-3-2-4-12(10)14-7-5-11(15)6-8-14/h10-13,15H,2-9H2,1H3. The van der Waals surface area contributed by atoms with Crippen LogP contribution in [0.15, 0.2) is 0 Å². The topological polar surface area (TPSA) is 35.5 Å². The molecule has 0 amide bonds. The highest BCUT2D eigenvalue weighted by atomic mass is 16.3. The van der Waals surface area contributed by atoms with Crippen molar-refractivity contribution in [2.45, 2.75) is 44.2 Å². The summed E-state index contributed by atoms with van der Waals surface area (Å²) in [6, 6.07) is 0.782. The van der Waals surface area contributed by atoms with Gasteiger partial charge in [0.1, 0.15) is 0 Å². The molecule has 2 aliphatic rings. The first kappa shape index (κ1) is 11.4. The Labute approximate surface area is 92.8 Å². The van der Waals surface area contributed by atoms with Gasteiger partial charge in [0, 0.05) is 19.1 Å². The van der Waals surface area contributed by atoms with Gasteiger partial charge in [0.05, 0.1) is 6.10 Å². The van der Waals surface area contributed by atoms with E-state index >= 15 is 0 Å². The van der Waals surface area contributed by atoms with Crippen LogP contribution in [0.5, 0.6) is 0 Å². The van der Waals surface area contributed by atoms with Gasteiger partial charge in [-0.2, -0.15) is 0 Å². The fourth-order valence-electron chi connectivity index (χ4n) is 3.22. The highest BCUT2D eigenvalue weighted by molar-refractivity contribution is 4.88. The van der Waals surface area contributed by atoms with Crippen LogP contribution in [-0.4, -0.2) is 48.8 Å². The molecule has 0 aromatic rings. The van der Waals surface area contributed by atoms with Crippen molar-refractivity contribution in [3.63, 3.8) is 0 Å². The number of aliphatic hydroxyl groups is 1. The van der Waals surface area contributed by atoms with E-state index in [1.165, 1.54) is 19.3 Å². The van der Waals surface area contributed by atoms with E-state index < -0.39 is 0 Å². The van der Waals surface area contributed by atoms with Gasteiger partial charge in [-0.15, -0.1) is 0 Å². The maximum absolute atomic E-state index is 9.50. The maximum atomic E-state index is 9.50. The number of piperidine rings is 1. The Balaban J connectivity index is 1.86. The van der Waals surface area contributed by atoms with Crippen molar-refractivity contribution >= 4 is 0 Å². The zero-order valence-corrected chi connectivity index (χ0v) is 9.78. The van der Waals surface area contributed by atoms with Gasteiger partial charge in [0.25, 0.3) is 0 Å². The summed E-state index contributed by atoms with van der Waals surface area (Å²) in [4.78, 5) is 2.61. The number of nitrogens with one attached hydrogen (secondary N) is 1. The second-order valence-corrected chi connectivity index (χ2v) is 5.08. The highest BCUT2D eigenvalue weighted by Gasteiger charge is 2.33. The first-order chi connectivity index (χ1) is 7.31. The Morgan fingerprint density at radius 3 is 2.60 bits per heavy atom. The summed E-state index contributed by atoms with van der Waals surface area (Å²) in [6.45, 7) is 3.36. The summed E-state index contributed by atoms with van der Waals surface area (Å²) >= 11 is 0. The Kier molecular flexibility index (Phi) is 4.00. The summed E-state index contributed by atoms with van der Waals surface area (Å²) < 4.78 is 0. The van der Waals surface area contributed by atoms with Crippen LogP contribution >= 0.6 is 0 Å². The Morgan fingerprint density at radius 1 is 1.20 bits per heavy atom. The third-order valence-corrected chi connectivity index (χ3v) is 4.05. The number of likely N-dealkylation sites (tertiary alicyclic amines) is 1. The van der Waals surface area contributed by atoms with Gasteiger partial charge < -0.3 is 10.4 Å². The van der Waals surface area contributed by atoms with Crippen LogP contribution in [0.2, 0.25) is 0 Å². The Morgan fingerprint density at radius 2 is 1.93 bits per heavy atom. The smallest absolute Gasteiger partial charge is 0.0564 e. The molecule has 1 saturated carbocycles. The van der Waals surface area contributed by atoms with Crippen LogP contribution in [0, 0.1) is 5.92 Å². The summed E-state index contributed by atoms with van der Waals surface area (Å²) in [5, 5.41) is 12.8. The van der Waals surface area contributed by atoms with E-state index in [2.05, 4.69) is 17.3 Å². The molecule has 0 bridgehead atoms. The molecule has 15 heavy (non-hydrogen) atoms. The van der Waals surface area contributed by atoms with Gasteiger partial charge >= 0.3 is 0 Å². The lowest BCUT2D eigenvalue weighted by Crippen LogP contribution is -2.46. The predicted octanol–water partition coefficient (Wildman–Crippen LogP) is 0.831. The largest absolute Gasteiger partial charge is 0.393 e. The molecular formula is C12H24N2O. The molecular weight excluding hydrogens is 188 g/mol. The summed E-state index contributed by atoms with van der Waals surface area (Å²) in [7, 11) is 2.05. The molecule has 2 unspecified atom stereocenters. The Hall–Kier alpha value is -0.120. The van der Waals surface area contributed by atoms with E-state index in [1.54, 1.807) is 0 Å². The van der Waals surface area contributed by atoms with Crippen LogP contribution in [0.4, 0.5) is 0 Å². The number of hydrogen-bond donors (Lipinski definition) is 2. The molecule has 0 aromatic heterocycles. The van der Waals surface area contributed by atoms with E-state index in [0.29, 0.717) is 0 Å². The van der Waals surface area contributed by atoms with Gasteiger partial charge in [-0.1, -0.05) is 6.42 Å². The molecule has 3 heteroatoms. The van der Waals surface area contributed by atoms with Crippen molar-refractivity contribution in [1.29, 1.82) is 0 Å². The Bertz CT molecular complexity index is 190. The first-order valence-electron chi connectivity index (χ1n) is 6.38. The number of hydrogen-bond acceptors (Lipinski definition) is 3. The zero-order valence-electron chi connectivity index (χ0n) is 9.78. The normalized spacial score (nSPS) is 34.8. The third-order valence-electron chi connectivity index (χ3n) is 4.05. The van der Waals surface area contributed by atoms with Gasteiger partial charge in [0.15, 0.2) is 0 Å². The van der Waals surface area contributed by atoms with E-state index in [9.17, 15) is 5.11 Å². The van der Waals surface area contributed by atoms with E-state index in [4.69, 9.17) is 0 Å². The van der Waals surface area contributed by atoms with Crippen molar-refractivity contribution in [3.05, 3.63) is 0 Å². The van der Waals surface area contributed by atoms with Crippen molar-refractivity contribution in [2.24, 2.45) is 5.92 Å². The first-order valence-corrected chi connectivity index (χ1v) is 6.38. The molecule has 1 aliphatic carbocycles. The SMILES string of the molecule is CNCC1CCCC1N1CCC(O)CC1. The number of nitrogens with zero attached hydrogens (tertiary/aromatic N) is 1. The minimum Gasteiger partial charge on any atom is -0.393 e. The molecule has 88 valence electrons. The molecule has 3 nitrogen and oxygen atoms in total. The monoisotopic (exact) mass is 212 g/mol. The summed E-state index contributed by atoms with van der Waals surface area (Å²) in [5.41, 5.74) is 0. The lowest BCUT2D eigenvalue weighted by atomic mass is 9.98. The number of rotatable bonds is 3. The fraction of sp³-hybridized carbons (Fsp3) is 1.00. The third kappa shape index (κ3) is 2.71. The van der Waals surface area contributed by atoms with Crippen molar-refractivity contribution in [3.8, 4) is 0 Å². The fourth-order valence-corrected chi connectivity index (χ4v) is 3.22. The highest BCUT2D eigenvalue weighted by Crippen LogP contribution is 2.31. The molecule has 2 atom stereocenters. The van der Waals surface area contributed by atoms with E-state index in [0.717, 1.165) is 44.4 Å². The van der Waals surface area contributed by atoms with E-state index in [-0.39, 0.29) is 6.10 Å². The van der Waals surface area contributed by atoms with Crippen LogP contribution < -0.4 is 5.32 Å². The van der Waals surface area contributed by atoms with Crippen molar-refractivity contribution in [1.82, 2.24) is 10.2 Å². The zero-order chi connectivity index (χ0) is 10.7. The van der Waals surface area contributed by atoms with Crippen LogP contribution in [0.3, 0.4) is 0 Å². The lowest BCUT2D eigenvalue weighted by molar-refractivity contribution is 0.0506. The van der Waals surface area contributed by atoms with Gasteiger partial charge in [-0.3, -0.25) is 4.90 Å². The summed E-state index contributed by atoms with van der Waals surface area (Å²) in [6.07, 6.45) is 6.04. The summed E-state index contributed by atoms with van der Waals surface area (Å²) in [5.74, 6) is 0.838. The average Bonchev–Trinajstić information content (AvgIpc) is 2.68. The molecule has 1 heterocycles. The predicted molar refractivity (Wildman–Crippen MR) is 61.9 cm³/mol. The van der Waals surface area contributed by atoms with Gasteiger partial charge in [-0.25, -0.2) is 0 Å². The minimum absolute atomic E-state index is 0.0367. The molecule has 2 rings (SSSR count).